The van der Waals surface area contributed by atoms with Gasteiger partial charge in [0.2, 0.25) is 5.91 Å². The Hall–Kier alpha value is -3.02. The Morgan fingerprint density at radius 2 is 1.84 bits per heavy atom. The van der Waals surface area contributed by atoms with Crippen LogP contribution in [0.15, 0.2) is 59.3 Å². The van der Waals surface area contributed by atoms with Gasteiger partial charge in [0.05, 0.1) is 0 Å². The lowest BCUT2D eigenvalue weighted by molar-refractivity contribution is -0.121. The van der Waals surface area contributed by atoms with Gasteiger partial charge < -0.3 is 9.84 Å². The molecule has 1 aromatic heterocycles. The third-order valence-corrected chi connectivity index (χ3v) is 3.74. The smallest absolute Gasteiger partial charge is 0.220 e. The predicted octanol–water partition coefficient (Wildman–Crippen LogP) is 3.87. The van der Waals surface area contributed by atoms with Gasteiger partial charge in [0, 0.05) is 24.1 Å². The van der Waals surface area contributed by atoms with E-state index in [1.807, 2.05) is 0 Å². The van der Waals surface area contributed by atoms with E-state index in [1.54, 1.807) is 24.3 Å². The quantitative estimate of drug-likeness (QED) is 0.740. The Morgan fingerprint density at radius 3 is 2.60 bits per heavy atom. The van der Waals surface area contributed by atoms with Gasteiger partial charge in [-0.2, -0.15) is 0 Å². The van der Waals surface area contributed by atoms with E-state index < -0.39 is 0 Å². The lowest BCUT2D eigenvalue weighted by Crippen LogP contribution is -2.23. The summed E-state index contributed by atoms with van der Waals surface area (Å²) in [4.78, 5) is 12.0. The molecule has 1 amide bonds. The minimum Gasteiger partial charge on any atom is -0.364 e. The standard InChI is InChI=1S/C19H16F2N2O2/c20-16-5-1-3-13(9-16)11-22-18(24)8-7-15-12-25-23-19(15)14-4-2-6-17(21)10-14/h1-6,9-10,12H,7-8,11H2,(H,22,24). The van der Waals surface area contributed by atoms with Crippen molar-refractivity contribution in [3.8, 4) is 11.3 Å². The van der Waals surface area contributed by atoms with Crippen LogP contribution < -0.4 is 5.32 Å². The molecule has 6 heteroatoms. The molecule has 0 atom stereocenters. The van der Waals surface area contributed by atoms with Crippen molar-refractivity contribution in [2.45, 2.75) is 19.4 Å². The Kier molecular flexibility index (Phi) is 5.18. The van der Waals surface area contributed by atoms with Crippen LogP contribution in [0, 0.1) is 11.6 Å². The summed E-state index contributed by atoms with van der Waals surface area (Å²) in [5.41, 5.74) is 2.55. The van der Waals surface area contributed by atoms with Crippen LogP contribution in [-0.4, -0.2) is 11.1 Å². The second kappa shape index (κ2) is 7.70. The lowest BCUT2D eigenvalue weighted by Gasteiger charge is -2.06. The van der Waals surface area contributed by atoms with Gasteiger partial charge in [-0.3, -0.25) is 4.79 Å². The first-order valence-corrected chi connectivity index (χ1v) is 7.82. The van der Waals surface area contributed by atoms with Gasteiger partial charge >= 0.3 is 0 Å². The highest BCUT2D eigenvalue weighted by atomic mass is 19.1. The van der Waals surface area contributed by atoms with E-state index in [2.05, 4.69) is 10.5 Å². The third kappa shape index (κ3) is 4.50. The molecule has 0 unspecified atom stereocenters. The maximum Gasteiger partial charge on any atom is 0.220 e. The summed E-state index contributed by atoms with van der Waals surface area (Å²) >= 11 is 0. The first kappa shape index (κ1) is 16.8. The van der Waals surface area contributed by atoms with Crippen molar-refractivity contribution < 1.29 is 18.1 Å². The normalized spacial score (nSPS) is 10.6. The predicted molar refractivity (Wildman–Crippen MR) is 88.5 cm³/mol. The van der Waals surface area contributed by atoms with Gasteiger partial charge in [0.1, 0.15) is 23.6 Å². The van der Waals surface area contributed by atoms with Crippen LogP contribution in [0.4, 0.5) is 8.78 Å². The van der Waals surface area contributed by atoms with Crippen LogP contribution in [0.5, 0.6) is 0 Å². The van der Waals surface area contributed by atoms with Crippen LogP contribution in [0.1, 0.15) is 17.5 Å². The minimum absolute atomic E-state index is 0.171. The zero-order valence-electron chi connectivity index (χ0n) is 13.3. The average Bonchev–Trinajstić information content (AvgIpc) is 3.07. The van der Waals surface area contributed by atoms with Crippen molar-refractivity contribution in [3.05, 3.63) is 77.6 Å². The zero-order chi connectivity index (χ0) is 17.6. The monoisotopic (exact) mass is 342 g/mol. The SMILES string of the molecule is O=C(CCc1conc1-c1cccc(F)c1)NCc1cccc(F)c1. The van der Waals surface area contributed by atoms with E-state index in [-0.39, 0.29) is 30.5 Å². The van der Waals surface area contributed by atoms with Crippen LogP contribution in [0.2, 0.25) is 0 Å². The fraction of sp³-hybridized carbons (Fsp3) is 0.158. The molecule has 0 saturated heterocycles. The molecule has 1 heterocycles. The fourth-order valence-corrected chi connectivity index (χ4v) is 2.49. The first-order valence-electron chi connectivity index (χ1n) is 7.82. The van der Waals surface area contributed by atoms with Gasteiger partial charge in [0.15, 0.2) is 0 Å². The minimum atomic E-state index is -0.362. The molecule has 0 radical (unpaired) electrons. The average molecular weight is 342 g/mol. The molecule has 3 aromatic rings. The van der Waals surface area contributed by atoms with Crippen LogP contribution in [-0.2, 0) is 17.8 Å². The summed E-state index contributed by atoms with van der Waals surface area (Å²) in [5.74, 6) is -0.870. The van der Waals surface area contributed by atoms with Crippen LogP contribution in [0.3, 0.4) is 0 Å². The van der Waals surface area contributed by atoms with Crippen molar-refractivity contribution >= 4 is 5.91 Å². The summed E-state index contributed by atoms with van der Waals surface area (Å²) in [6.45, 7) is 0.261. The molecule has 25 heavy (non-hydrogen) atoms. The van der Waals surface area contributed by atoms with E-state index in [0.717, 1.165) is 5.56 Å². The van der Waals surface area contributed by atoms with Gasteiger partial charge in [-0.25, -0.2) is 8.78 Å². The highest BCUT2D eigenvalue weighted by Gasteiger charge is 2.12. The number of nitrogens with zero attached hydrogens (tertiary/aromatic N) is 1. The van der Waals surface area contributed by atoms with Gasteiger partial charge in [-0.15, -0.1) is 0 Å². The molecular formula is C19H16F2N2O2. The number of hydrogen-bond acceptors (Lipinski definition) is 3. The Balaban J connectivity index is 1.57. The number of carbonyl (C=O) groups is 1. The Bertz CT molecular complexity index is 877. The number of hydrogen-bond donors (Lipinski definition) is 1. The van der Waals surface area contributed by atoms with Crippen LogP contribution >= 0.6 is 0 Å². The van der Waals surface area contributed by atoms with Gasteiger partial charge in [-0.1, -0.05) is 29.4 Å². The maximum atomic E-state index is 13.3. The summed E-state index contributed by atoms with van der Waals surface area (Å²) < 4.78 is 31.4. The Labute approximate surface area is 143 Å². The third-order valence-electron chi connectivity index (χ3n) is 3.74. The second-order valence-electron chi connectivity index (χ2n) is 5.61. The topological polar surface area (TPSA) is 55.1 Å². The number of aromatic nitrogens is 1. The molecule has 0 aliphatic rings. The zero-order valence-corrected chi connectivity index (χ0v) is 13.3. The highest BCUT2D eigenvalue weighted by molar-refractivity contribution is 5.76. The molecule has 0 fully saturated rings. The van der Waals surface area contributed by atoms with E-state index in [0.29, 0.717) is 23.2 Å². The molecule has 0 bridgehead atoms. The maximum absolute atomic E-state index is 13.3. The molecule has 3 rings (SSSR count). The summed E-state index contributed by atoms with van der Waals surface area (Å²) in [6.07, 6.45) is 2.09. The summed E-state index contributed by atoms with van der Waals surface area (Å²) in [7, 11) is 0. The summed E-state index contributed by atoms with van der Waals surface area (Å²) in [6, 6.07) is 12.1. The molecule has 128 valence electrons. The number of halogens is 2. The van der Waals surface area contributed by atoms with Crippen molar-refractivity contribution in [2.24, 2.45) is 0 Å². The Morgan fingerprint density at radius 1 is 1.08 bits per heavy atom. The van der Waals surface area contributed by atoms with Gasteiger partial charge in [0.25, 0.3) is 0 Å². The number of nitrogens with one attached hydrogen (secondary N) is 1. The fourth-order valence-electron chi connectivity index (χ4n) is 2.49. The number of benzene rings is 2. The molecule has 1 N–H and O–H groups in total. The molecule has 0 spiro atoms. The number of aryl methyl sites for hydroxylation is 1. The largest absolute Gasteiger partial charge is 0.364 e. The molecular weight excluding hydrogens is 326 g/mol. The van der Waals surface area contributed by atoms with Crippen molar-refractivity contribution in [1.82, 2.24) is 10.5 Å². The number of rotatable bonds is 6. The van der Waals surface area contributed by atoms with E-state index in [4.69, 9.17) is 4.52 Å². The van der Waals surface area contributed by atoms with E-state index >= 15 is 0 Å². The van der Waals surface area contributed by atoms with E-state index in [9.17, 15) is 13.6 Å². The lowest BCUT2D eigenvalue weighted by atomic mass is 10.0. The number of carbonyl (C=O) groups excluding carboxylic acids is 1. The van der Waals surface area contributed by atoms with Crippen molar-refractivity contribution in [3.63, 3.8) is 0 Å². The molecule has 0 aliphatic heterocycles. The molecule has 2 aromatic carbocycles. The van der Waals surface area contributed by atoms with E-state index in [1.165, 1.54) is 30.5 Å². The van der Waals surface area contributed by atoms with Crippen molar-refractivity contribution in [2.75, 3.05) is 0 Å². The van der Waals surface area contributed by atoms with Crippen LogP contribution in [0.25, 0.3) is 11.3 Å². The molecule has 4 nitrogen and oxygen atoms in total. The first-order chi connectivity index (χ1) is 12.1. The van der Waals surface area contributed by atoms with Crippen molar-refractivity contribution in [1.29, 1.82) is 0 Å². The highest BCUT2D eigenvalue weighted by Crippen LogP contribution is 2.23. The second-order valence-corrected chi connectivity index (χ2v) is 5.61. The number of amides is 1. The molecule has 0 saturated carbocycles. The summed E-state index contributed by atoms with van der Waals surface area (Å²) in [5, 5.41) is 6.63. The van der Waals surface area contributed by atoms with Gasteiger partial charge in [-0.05, 0) is 36.2 Å². The molecule has 0 aliphatic carbocycles.